The van der Waals surface area contributed by atoms with Gasteiger partial charge < -0.3 is 22.1 Å². The third-order valence-electron chi connectivity index (χ3n) is 5.81. The van der Waals surface area contributed by atoms with Crippen molar-refractivity contribution in [3.63, 3.8) is 0 Å². The summed E-state index contributed by atoms with van der Waals surface area (Å²) in [6.07, 6.45) is 6.22. The second-order valence-corrected chi connectivity index (χ2v) is 16.2. The first kappa shape index (κ1) is 24.4. The van der Waals surface area contributed by atoms with Gasteiger partial charge in [0.05, 0.1) is 0 Å². The van der Waals surface area contributed by atoms with Crippen molar-refractivity contribution < 1.29 is 22.1 Å². The predicted molar refractivity (Wildman–Crippen MR) is 114 cm³/mol. The second kappa shape index (κ2) is 12.8. The van der Waals surface area contributed by atoms with E-state index in [1.807, 2.05) is 14.2 Å². The van der Waals surface area contributed by atoms with Crippen LogP contribution in [0.15, 0.2) is 0 Å². The van der Waals surface area contributed by atoms with Crippen LogP contribution in [0.1, 0.15) is 39.0 Å². The molecule has 0 N–H and O–H groups in total. The Morgan fingerprint density at radius 3 is 2.15 bits per heavy atom. The van der Waals surface area contributed by atoms with Crippen molar-refractivity contribution >= 4 is 27.0 Å². The fourth-order valence-electron chi connectivity index (χ4n) is 4.14. The maximum Gasteiger partial charge on any atom is 0.503 e. The van der Waals surface area contributed by atoms with Gasteiger partial charge in [-0.2, -0.15) is 0 Å². The average molecular weight is 424 g/mol. The minimum Gasteiger partial charge on any atom is -0.386 e. The zero-order valence-corrected chi connectivity index (χ0v) is 21.3. The molecule has 0 saturated carbocycles. The molecule has 1 saturated heterocycles. The summed E-state index contributed by atoms with van der Waals surface area (Å²) < 4.78 is 30.8. The Kier molecular flexibility index (Phi) is 12.0. The first-order valence-corrected chi connectivity index (χ1v) is 15.8. The largest absolute Gasteiger partial charge is 0.503 e. The molecule has 1 atom stereocenters. The second-order valence-electron chi connectivity index (χ2n) is 7.24. The van der Waals surface area contributed by atoms with Crippen molar-refractivity contribution in [3.8, 4) is 0 Å². The van der Waals surface area contributed by atoms with E-state index in [9.17, 15) is 0 Å². The Labute approximate surface area is 165 Å². The molecule has 26 heavy (non-hydrogen) atoms. The van der Waals surface area contributed by atoms with Crippen molar-refractivity contribution in [3.05, 3.63) is 0 Å². The monoisotopic (exact) mass is 423 g/mol. The number of nitrogens with zero attached hydrogens (tertiary/aromatic N) is 1. The van der Waals surface area contributed by atoms with Crippen molar-refractivity contribution in [1.82, 2.24) is 4.57 Å². The lowest BCUT2D eigenvalue weighted by Crippen LogP contribution is -2.53. The maximum atomic E-state index is 5.77. The molecule has 0 bridgehead atoms. The van der Waals surface area contributed by atoms with Crippen molar-refractivity contribution in [1.29, 1.82) is 0 Å². The number of rotatable bonds is 15. The maximum absolute atomic E-state index is 5.77. The van der Waals surface area contributed by atoms with Gasteiger partial charge in [-0.25, -0.2) is 0 Å². The zero-order valence-electron chi connectivity index (χ0n) is 17.8. The fraction of sp³-hybridized carbons (Fsp3) is 1.00. The highest BCUT2D eigenvalue weighted by Gasteiger charge is 2.47. The van der Waals surface area contributed by atoms with Gasteiger partial charge in [0.15, 0.2) is 0 Å². The van der Waals surface area contributed by atoms with Gasteiger partial charge in [-0.05, 0) is 32.4 Å². The molecule has 0 aromatic heterocycles. The molecule has 1 fully saturated rings. The van der Waals surface area contributed by atoms with E-state index in [-0.39, 0.29) is 9.52 Å². The highest BCUT2D eigenvalue weighted by Crippen LogP contribution is 2.29. The van der Waals surface area contributed by atoms with E-state index < -0.39 is 17.5 Å². The molecule has 1 rings (SSSR count). The van der Waals surface area contributed by atoms with Gasteiger partial charge in [-0.15, -0.1) is 0 Å². The van der Waals surface area contributed by atoms with Crippen LogP contribution in [0.3, 0.4) is 0 Å². The third-order valence-corrected chi connectivity index (χ3v) is 14.7. The summed E-state index contributed by atoms with van der Waals surface area (Å²) in [4.78, 5) is 0. The molecule has 1 aliphatic rings. The molecule has 9 heteroatoms. The lowest BCUT2D eigenvalue weighted by atomic mass is 10.2. The SMILES string of the molecule is CO[Si](OC)(OC)C(C)CCCC[SiH2]CCCN1CCC[Si]1(OC)OC. The topological polar surface area (TPSA) is 49.4 Å². The zero-order chi connectivity index (χ0) is 19.5. The van der Waals surface area contributed by atoms with E-state index in [1.54, 1.807) is 21.3 Å². The van der Waals surface area contributed by atoms with Crippen LogP contribution in [0.4, 0.5) is 0 Å². The minimum atomic E-state index is -2.45. The molecule has 0 aromatic rings. The van der Waals surface area contributed by atoms with Crippen LogP contribution in [0.2, 0.25) is 23.7 Å². The van der Waals surface area contributed by atoms with E-state index in [0.29, 0.717) is 5.54 Å². The Balaban J connectivity index is 2.11. The molecule has 0 aliphatic carbocycles. The first-order chi connectivity index (χ1) is 12.5. The molecule has 0 spiro atoms. The van der Waals surface area contributed by atoms with Crippen LogP contribution in [0, 0.1) is 0 Å². The van der Waals surface area contributed by atoms with Gasteiger partial charge in [-0.1, -0.05) is 31.9 Å². The van der Waals surface area contributed by atoms with Gasteiger partial charge in [0.25, 0.3) is 0 Å². The lowest BCUT2D eigenvalue weighted by Gasteiger charge is -2.31. The van der Waals surface area contributed by atoms with Crippen molar-refractivity contribution in [2.75, 3.05) is 48.6 Å². The van der Waals surface area contributed by atoms with Gasteiger partial charge >= 0.3 is 17.5 Å². The molecule has 0 radical (unpaired) electrons. The van der Waals surface area contributed by atoms with Crippen LogP contribution in [-0.4, -0.2) is 80.3 Å². The third kappa shape index (κ3) is 6.49. The van der Waals surface area contributed by atoms with E-state index >= 15 is 0 Å². The average Bonchev–Trinajstić information content (AvgIpc) is 3.09. The highest BCUT2D eigenvalue weighted by molar-refractivity contribution is 6.65. The first-order valence-electron chi connectivity index (χ1n) is 10.0. The molecule has 0 aromatic carbocycles. The molecule has 6 nitrogen and oxygen atoms in total. The lowest BCUT2D eigenvalue weighted by molar-refractivity contribution is 0.111. The van der Waals surface area contributed by atoms with Gasteiger partial charge in [0.1, 0.15) is 0 Å². The standard InChI is InChI=1S/C17H41NO5Si3/c1-17(26(21-4,22-5)23-6)11-7-8-14-24-15-9-12-18-13-10-16-25(18,19-2)20-3/h17H,7-16,24H2,1-6H3. The van der Waals surface area contributed by atoms with Gasteiger partial charge in [0.2, 0.25) is 0 Å². The minimum absolute atomic E-state index is 0.0547. The summed E-state index contributed by atoms with van der Waals surface area (Å²) in [5, 5.41) is 0. The van der Waals surface area contributed by atoms with Crippen LogP contribution in [0.5, 0.6) is 0 Å². The number of hydrogen-bond acceptors (Lipinski definition) is 6. The van der Waals surface area contributed by atoms with Crippen molar-refractivity contribution in [2.45, 2.75) is 62.7 Å². The molecule has 1 aliphatic heterocycles. The van der Waals surface area contributed by atoms with E-state index in [0.717, 1.165) is 25.6 Å². The van der Waals surface area contributed by atoms with Crippen LogP contribution in [0.25, 0.3) is 0 Å². The molecule has 156 valence electrons. The summed E-state index contributed by atoms with van der Waals surface area (Å²) in [5.41, 5.74) is 0.362. The van der Waals surface area contributed by atoms with E-state index in [4.69, 9.17) is 22.1 Å². The molecule has 1 heterocycles. The van der Waals surface area contributed by atoms with Crippen LogP contribution < -0.4 is 0 Å². The van der Waals surface area contributed by atoms with Crippen molar-refractivity contribution in [2.24, 2.45) is 0 Å². The van der Waals surface area contributed by atoms with Crippen LogP contribution >= 0.6 is 0 Å². The molecular weight excluding hydrogens is 382 g/mol. The van der Waals surface area contributed by atoms with Gasteiger partial charge in [-0.3, -0.25) is 4.57 Å². The Morgan fingerprint density at radius 1 is 0.962 bits per heavy atom. The Morgan fingerprint density at radius 2 is 1.58 bits per heavy atom. The number of unbranched alkanes of at least 4 members (excludes halogenated alkanes) is 1. The quantitative estimate of drug-likeness (QED) is 0.298. The fourth-order valence-corrected chi connectivity index (χ4v) is 11.1. The Bertz CT molecular complexity index is 362. The van der Waals surface area contributed by atoms with Gasteiger partial charge in [0, 0.05) is 56.7 Å². The van der Waals surface area contributed by atoms with Crippen LogP contribution in [-0.2, 0) is 22.1 Å². The molecule has 1 unspecified atom stereocenters. The molecular formula is C17H41NO5Si3. The summed E-state index contributed by atoms with van der Waals surface area (Å²) >= 11 is 0. The summed E-state index contributed by atoms with van der Waals surface area (Å²) in [5.74, 6) is 0. The Hall–Kier alpha value is 0.411. The smallest absolute Gasteiger partial charge is 0.386 e. The number of hydrogen-bond donors (Lipinski definition) is 0. The summed E-state index contributed by atoms with van der Waals surface area (Å²) in [7, 11) is 4.33. The van der Waals surface area contributed by atoms with E-state index in [1.165, 1.54) is 37.8 Å². The summed E-state index contributed by atoms with van der Waals surface area (Å²) in [6, 6.07) is 3.98. The normalized spacial score (nSPS) is 19.6. The molecule has 0 amide bonds. The van der Waals surface area contributed by atoms with E-state index in [2.05, 4.69) is 11.5 Å². The highest BCUT2D eigenvalue weighted by atomic mass is 28.4. The summed E-state index contributed by atoms with van der Waals surface area (Å²) in [6.45, 7) is 4.50. The predicted octanol–water partition coefficient (Wildman–Crippen LogP) is 2.76.